The Kier molecular flexibility index (Phi) is 2.95. The van der Waals surface area contributed by atoms with Gasteiger partial charge in [-0.15, -0.1) is 0 Å². The lowest BCUT2D eigenvalue weighted by molar-refractivity contribution is 0.603. The highest BCUT2D eigenvalue weighted by Crippen LogP contribution is 2.32. The third-order valence-electron chi connectivity index (χ3n) is 2.68. The number of halogens is 3. The quantitative estimate of drug-likeness (QED) is 0.656. The van der Waals surface area contributed by atoms with Gasteiger partial charge in [0.15, 0.2) is 5.58 Å². The lowest BCUT2D eigenvalue weighted by Crippen LogP contribution is -1.89. The van der Waals surface area contributed by atoms with E-state index in [1.165, 1.54) is 12.1 Å². The first kappa shape index (κ1) is 12.4. The highest BCUT2D eigenvalue weighted by Gasteiger charge is 2.13. The van der Waals surface area contributed by atoms with Gasteiger partial charge in [-0.25, -0.2) is 9.37 Å². The summed E-state index contributed by atoms with van der Waals surface area (Å²) < 4.78 is 19.7. The van der Waals surface area contributed by atoms with Crippen molar-refractivity contribution in [1.29, 1.82) is 0 Å². The summed E-state index contributed by atoms with van der Waals surface area (Å²) in [7, 11) is 0. The highest BCUT2D eigenvalue weighted by molar-refractivity contribution is 9.10. The summed E-state index contributed by atoms with van der Waals surface area (Å²) >= 11 is 9.07. The predicted molar refractivity (Wildman–Crippen MR) is 76.5 cm³/mol. The minimum absolute atomic E-state index is 0.00886. The number of hydrogen-bond donors (Lipinski definition) is 1. The number of benzene rings is 2. The van der Waals surface area contributed by atoms with Crippen molar-refractivity contribution in [2.45, 2.75) is 0 Å². The molecule has 0 aliphatic heterocycles. The molecule has 0 radical (unpaired) electrons. The van der Waals surface area contributed by atoms with Crippen LogP contribution in [0.2, 0.25) is 5.02 Å². The zero-order chi connectivity index (χ0) is 13.6. The van der Waals surface area contributed by atoms with Crippen LogP contribution in [0.15, 0.2) is 39.2 Å². The molecule has 0 amide bonds. The summed E-state index contributed by atoms with van der Waals surface area (Å²) in [6, 6.07) is 7.98. The second-order valence-electron chi connectivity index (χ2n) is 3.98. The maximum atomic E-state index is 13.4. The van der Waals surface area contributed by atoms with Gasteiger partial charge in [0.2, 0.25) is 5.89 Å². The van der Waals surface area contributed by atoms with Crippen molar-refractivity contribution in [3.8, 4) is 11.5 Å². The van der Waals surface area contributed by atoms with Crippen molar-refractivity contribution in [3.05, 3.63) is 45.6 Å². The normalized spacial score (nSPS) is 11.1. The van der Waals surface area contributed by atoms with Crippen LogP contribution in [0, 0.1) is 5.82 Å². The van der Waals surface area contributed by atoms with Crippen molar-refractivity contribution in [2.24, 2.45) is 0 Å². The first-order chi connectivity index (χ1) is 9.04. The number of nitrogens with zero attached hydrogens (tertiary/aromatic N) is 1. The Bertz CT molecular complexity index is 749. The molecular weight excluding hydrogens is 335 g/mol. The Morgan fingerprint density at radius 1 is 1.26 bits per heavy atom. The summed E-state index contributed by atoms with van der Waals surface area (Å²) in [5.41, 5.74) is 7.87. The van der Waals surface area contributed by atoms with E-state index in [1.807, 2.05) is 6.07 Å². The van der Waals surface area contributed by atoms with Gasteiger partial charge < -0.3 is 10.2 Å². The molecule has 0 aliphatic carbocycles. The van der Waals surface area contributed by atoms with Crippen molar-refractivity contribution in [2.75, 3.05) is 5.73 Å². The Labute approximate surface area is 121 Å². The number of fused-ring (bicyclic) bond motifs is 1. The second kappa shape index (κ2) is 4.51. The molecule has 0 unspecified atom stereocenters. The van der Waals surface area contributed by atoms with Crippen LogP contribution in [0.4, 0.5) is 10.1 Å². The first-order valence-corrected chi connectivity index (χ1v) is 6.52. The van der Waals surface area contributed by atoms with E-state index in [0.717, 1.165) is 4.47 Å². The molecule has 0 aliphatic rings. The molecule has 0 bridgehead atoms. The minimum atomic E-state index is -0.543. The van der Waals surface area contributed by atoms with E-state index >= 15 is 0 Å². The Hall–Kier alpha value is -1.59. The molecule has 0 spiro atoms. The van der Waals surface area contributed by atoms with Crippen molar-refractivity contribution in [3.63, 3.8) is 0 Å². The van der Waals surface area contributed by atoms with Crippen LogP contribution in [-0.4, -0.2) is 4.98 Å². The van der Waals surface area contributed by atoms with Gasteiger partial charge in [-0.05, 0) is 24.3 Å². The SMILES string of the molecule is Nc1ccc(Br)cc1-c1nc2cc(Cl)c(F)cc2o1. The van der Waals surface area contributed by atoms with E-state index in [9.17, 15) is 4.39 Å². The number of aromatic nitrogens is 1. The molecule has 2 N–H and O–H groups in total. The largest absolute Gasteiger partial charge is 0.436 e. The van der Waals surface area contributed by atoms with E-state index in [0.29, 0.717) is 28.2 Å². The molecule has 6 heteroatoms. The fourth-order valence-electron chi connectivity index (χ4n) is 1.75. The zero-order valence-electron chi connectivity index (χ0n) is 9.45. The fourth-order valence-corrected chi connectivity index (χ4v) is 2.27. The molecule has 0 saturated carbocycles. The molecular formula is C13H7BrClFN2O. The Morgan fingerprint density at radius 2 is 2.05 bits per heavy atom. The van der Waals surface area contributed by atoms with Crippen LogP contribution >= 0.6 is 27.5 Å². The molecule has 0 saturated heterocycles. The summed E-state index contributed by atoms with van der Waals surface area (Å²) in [6.07, 6.45) is 0. The topological polar surface area (TPSA) is 52.0 Å². The highest BCUT2D eigenvalue weighted by atomic mass is 79.9. The van der Waals surface area contributed by atoms with Crippen LogP contribution in [0.25, 0.3) is 22.6 Å². The molecule has 19 heavy (non-hydrogen) atoms. The van der Waals surface area contributed by atoms with Gasteiger partial charge in [0.25, 0.3) is 0 Å². The molecule has 3 aromatic rings. The molecule has 96 valence electrons. The maximum absolute atomic E-state index is 13.4. The van der Waals surface area contributed by atoms with Gasteiger partial charge >= 0.3 is 0 Å². The van der Waals surface area contributed by atoms with Crippen molar-refractivity contribution >= 4 is 44.3 Å². The van der Waals surface area contributed by atoms with Crippen LogP contribution in [-0.2, 0) is 0 Å². The van der Waals surface area contributed by atoms with Crippen molar-refractivity contribution in [1.82, 2.24) is 4.98 Å². The molecule has 0 atom stereocenters. The van der Waals surface area contributed by atoms with E-state index in [-0.39, 0.29) is 5.02 Å². The molecule has 1 heterocycles. The molecule has 2 aromatic carbocycles. The maximum Gasteiger partial charge on any atom is 0.229 e. The molecule has 0 fully saturated rings. The Morgan fingerprint density at radius 3 is 2.84 bits per heavy atom. The smallest absolute Gasteiger partial charge is 0.229 e. The summed E-state index contributed by atoms with van der Waals surface area (Å²) in [5, 5.41) is 0.00886. The van der Waals surface area contributed by atoms with E-state index in [4.69, 9.17) is 21.8 Å². The standard InChI is InChI=1S/C13H7BrClFN2O/c14-6-1-2-10(17)7(3-6)13-18-11-4-8(15)9(16)5-12(11)19-13/h1-5H,17H2. The number of anilines is 1. The molecule has 3 nitrogen and oxygen atoms in total. The first-order valence-electron chi connectivity index (χ1n) is 5.35. The van der Waals surface area contributed by atoms with Crippen LogP contribution in [0.5, 0.6) is 0 Å². The van der Waals surface area contributed by atoms with Crippen molar-refractivity contribution < 1.29 is 8.81 Å². The average molecular weight is 342 g/mol. The predicted octanol–water partition coefficient (Wildman–Crippen LogP) is 4.63. The second-order valence-corrected chi connectivity index (χ2v) is 5.31. The summed E-state index contributed by atoms with van der Waals surface area (Å²) in [6.45, 7) is 0. The van der Waals surface area contributed by atoms with Crippen LogP contribution in [0.3, 0.4) is 0 Å². The lowest BCUT2D eigenvalue weighted by atomic mass is 10.2. The fraction of sp³-hybridized carbons (Fsp3) is 0. The lowest BCUT2D eigenvalue weighted by Gasteiger charge is -2.01. The summed E-state index contributed by atoms with van der Waals surface area (Å²) in [5.74, 6) is -0.213. The number of oxazole rings is 1. The van der Waals surface area contributed by atoms with Gasteiger partial charge in [0.1, 0.15) is 11.3 Å². The number of nitrogen functional groups attached to an aromatic ring is 1. The average Bonchev–Trinajstić information content (AvgIpc) is 2.75. The monoisotopic (exact) mass is 340 g/mol. The third-order valence-corrected chi connectivity index (χ3v) is 3.46. The number of nitrogens with two attached hydrogens (primary N) is 1. The van der Waals surface area contributed by atoms with Crippen LogP contribution < -0.4 is 5.73 Å². The summed E-state index contributed by atoms with van der Waals surface area (Å²) in [4.78, 5) is 4.27. The Balaban J connectivity index is 2.23. The van der Waals surface area contributed by atoms with Gasteiger partial charge in [0.05, 0.1) is 10.6 Å². The van der Waals surface area contributed by atoms with Gasteiger partial charge in [-0.2, -0.15) is 0 Å². The number of hydrogen-bond acceptors (Lipinski definition) is 3. The van der Waals surface area contributed by atoms with E-state index < -0.39 is 5.82 Å². The zero-order valence-corrected chi connectivity index (χ0v) is 11.8. The van der Waals surface area contributed by atoms with E-state index in [1.54, 1.807) is 12.1 Å². The third kappa shape index (κ3) is 2.19. The molecule has 3 rings (SSSR count). The number of rotatable bonds is 1. The van der Waals surface area contributed by atoms with E-state index in [2.05, 4.69) is 20.9 Å². The van der Waals surface area contributed by atoms with Gasteiger partial charge in [-0.3, -0.25) is 0 Å². The molecule has 1 aromatic heterocycles. The van der Waals surface area contributed by atoms with Gasteiger partial charge in [0, 0.05) is 16.2 Å². The van der Waals surface area contributed by atoms with Gasteiger partial charge in [-0.1, -0.05) is 27.5 Å². The minimum Gasteiger partial charge on any atom is -0.436 e. The van der Waals surface area contributed by atoms with Crippen LogP contribution in [0.1, 0.15) is 0 Å².